The molecule has 1 saturated carbocycles. The maximum absolute atomic E-state index is 11.6. The molecule has 1 aromatic carbocycles. The van der Waals surface area contributed by atoms with Gasteiger partial charge in [0, 0.05) is 25.4 Å². The Bertz CT molecular complexity index is 598. The summed E-state index contributed by atoms with van der Waals surface area (Å²) in [7, 11) is 0. The fourth-order valence-corrected chi connectivity index (χ4v) is 2.46. The lowest BCUT2D eigenvalue weighted by atomic mass is 10.3. The second kappa shape index (κ2) is 5.03. The molecule has 0 unspecified atom stereocenters. The van der Waals surface area contributed by atoms with E-state index in [0.717, 1.165) is 37.1 Å². The van der Waals surface area contributed by atoms with Gasteiger partial charge < -0.3 is 9.88 Å². The quantitative estimate of drug-likeness (QED) is 0.892. The third-order valence-corrected chi connectivity index (χ3v) is 3.65. The van der Waals surface area contributed by atoms with Gasteiger partial charge in [-0.2, -0.15) is 0 Å². The molecule has 2 aromatic rings. The summed E-state index contributed by atoms with van der Waals surface area (Å²) in [6, 6.07) is 8.18. The maximum atomic E-state index is 11.6. The molecule has 0 aliphatic heterocycles. The number of carbonyl (C=O) groups excluding carboxylic acids is 1. The summed E-state index contributed by atoms with van der Waals surface area (Å²) in [4.78, 5) is 16.2. The third kappa shape index (κ3) is 2.48. The molecular formula is C15H19N3O. The van der Waals surface area contributed by atoms with Crippen molar-refractivity contribution in [3.63, 3.8) is 0 Å². The monoisotopic (exact) mass is 257 g/mol. The molecule has 0 atom stereocenters. The van der Waals surface area contributed by atoms with Crippen LogP contribution < -0.4 is 5.32 Å². The number of carbonyl (C=O) groups is 1. The van der Waals surface area contributed by atoms with Gasteiger partial charge in [-0.1, -0.05) is 12.1 Å². The van der Waals surface area contributed by atoms with Crippen molar-refractivity contribution in [3.8, 4) is 0 Å². The average molecular weight is 257 g/mol. The molecule has 1 N–H and O–H groups in total. The van der Waals surface area contributed by atoms with Gasteiger partial charge in [-0.25, -0.2) is 4.98 Å². The Labute approximate surface area is 112 Å². The van der Waals surface area contributed by atoms with Crippen LogP contribution in [0.5, 0.6) is 0 Å². The Balaban J connectivity index is 1.71. The second-order valence-electron chi connectivity index (χ2n) is 5.08. The number of hydrogen-bond donors (Lipinski definition) is 1. The summed E-state index contributed by atoms with van der Waals surface area (Å²) in [6.45, 7) is 3.71. The largest absolute Gasteiger partial charge is 0.355 e. The molecule has 1 fully saturated rings. The number of rotatable bonds is 5. The van der Waals surface area contributed by atoms with Crippen LogP contribution in [-0.4, -0.2) is 22.0 Å². The van der Waals surface area contributed by atoms with E-state index in [4.69, 9.17) is 0 Å². The molecule has 0 saturated heterocycles. The Kier molecular flexibility index (Phi) is 3.23. The highest BCUT2D eigenvalue weighted by atomic mass is 16.2. The van der Waals surface area contributed by atoms with Gasteiger partial charge in [-0.15, -0.1) is 0 Å². The van der Waals surface area contributed by atoms with Gasteiger partial charge in [0.1, 0.15) is 5.82 Å². The van der Waals surface area contributed by atoms with E-state index in [1.807, 2.05) is 18.2 Å². The van der Waals surface area contributed by atoms with E-state index in [0.29, 0.717) is 6.54 Å². The first kappa shape index (κ1) is 12.2. The predicted octanol–water partition coefficient (Wildman–Crippen LogP) is 2.12. The Hall–Kier alpha value is -1.84. The second-order valence-corrected chi connectivity index (χ2v) is 5.08. The lowest BCUT2D eigenvalue weighted by Gasteiger charge is -2.07. The first-order chi connectivity index (χ1) is 9.29. The molecule has 3 rings (SSSR count). The molecule has 0 bridgehead atoms. The molecular weight excluding hydrogens is 238 g/mol. The number of aryl methyl sites for hydroxylation is 1. The number of nitrogens with one attached hydrogen (secondary N) is 1. The van der Waals surface area contributed by atoms with E-state index >= 15 is 0 Å². The predicted molar refractivity (Wildman–Crippen MR) is 74.8 cm³/mol. The number of amides is 1. The van der Waals surface area contributed by atoms with E-state index in [9.17, 15) is 4.79 Å². The van der Waals surface area contributed by atoms with Crippen molar-refractivity contribution < 1.29 is 4.79 Å². The van der Waals surface area contributed by atoms with Crippen molar-refractivity contribution in [2.75, 3.05) is 6.54 Å². The molecule has 19 heavy (non-hydrogen) atoms. The minimum absolute atomic E-state index is 0.208. The first-order valence-electron chi connectivity index (χ1n) is 7.01. The van der Waals surface area contributed by atoms with Gasteiger partial charge in [0.2, 0.25) is 5.91 Å². The molecule has 0 radical (unpaired) electrons. The zero-order valence-corrected chi connectivity index (χ0v) is 11.2. The van der Waals surface area contributed by atoms with Crippen molar-refractivity contribution in [3.05, 3.63) is 30.1 Å². The van der Waals surface area contributed by atoms with Crippen LogP contribution in [-0.2, 0) is 17.8 Å². The van der Waals surface area contributed by atoms with Gasteiger partial charge in [-0.3, -0.25) is 4.79 Å². The molecule has 4 heteroatoms. The highest BCUT2D eigenvalue weighted by molar-refractivity contribution is 5.80. The van der Waals surface area contributed by atoms with E-state index in [1.165, 1.54) is 5.52 Å². The highest BCUT2D eigenvalue weighted by Gasteiger charge is 2.29. The average Bonchev–Trinajstić information content (AvgIpc) is 3.20. The van der Waals surface area contributed by atoms with E-state index < -0.39 is 0 Å². The van der Waals surface area contributed by atoms with Crippen LogP contribution in [0.3, 0.4) is 0 Å². The number of hydrogen-bond acceptors (Lipinski definition) is 2. The van der Waals surface area contributed by atoms with E-state index in [-0.39, 0.29) is 11.8 Å². The van der Waals surface area contributed by atoms with Crippen LogP contribution in [0, 0.1) is 5.92 Å². The normalized spacial score (nSPS) is 14.8. The van der Waals surface area contributed by atoms with E-state index in [2.05, 4.69) is 27.9 Å². The van der Waals surface area contributed by atoms with Gasteiger partial charge >= 0.3 is 0 Å². The van der Waals surface area contributed by atoms with Gasteiger partial charge in [0.25, 0.3) is 0 Å². The van der Waals surface area contributed by atoms with E-state index in [1.54, 1.807) is 0 Å². The Morgan fingerprint density at radius 1 is 1.42 bits per heavy atom. The summed E-state index contributed by atoms with van der Waals surface area (Å²) < 4.78 is 2.22. The van der Waals surface area contributed by atoms with Crippen LogP contribution in [0.25, 0.3) is 11.0 Å². The summed E-state index contributed by atoms with van der Waals surface area (Å²) in [5, 5.41) is 3.00. The molecule has 1 aliphatic carbocycles. The van der Waals surface area contributed by atoms with Crippen LogP contribution in [0.15, 0.2) is 24.3 Å². The standard InChI is InChI=1S/C15H19N3O/c1-2-18-13-6-4-3-5-12(13)17-14(18)9-10-16-15(19)11-7-8-11/h3-6,11H,2,7-10H2,1H3,(H,16,19). The summed E-state index contributed by atoms with van der Waals surface area (Å²) in [5.41, 5.74) is 2.21. The summed E-state index contributed by atoms with van der Waals surface area (Å²) in [5.74, 6) is 1.55. The van der Waals surface area contributed by atoms with Crippen LogP contribution in [0.2, 0.25) is 0 Å². The maximum Gasteiger partial charge on any atom is 0.223 e. The zero-order valence-electron chi connectivity index (χ0n) is 11.2. The SMILES string of the molecule is CCn1c(CCNC(=O)C2CC2)nc2ccccc21. The minimum Gasteiger partial charge on any atom is -0.355 e. The fourth-order valence-electron chi connectivity index (χ4n) is 2.46. The number of aromatic nitrogens is 2. The van der Waals surface area contributed by atoms with Crippen LogP contribution >= 0.6 is 0 Å². The smallest absolute Gasteiger partial charge is 0.223 e. The number of nitrogens with zero attached hydrogens (tertiary/aromatic N) is 2. The van der Waals surface area contributed by atoms with Crippen molar-refractivity contribution in [1.29, 1.82) is 0 Å². The van der Waals surface area contributed by atoms with Gasteiger partial charge in [0.05, 0.1) is 11.0 Å². The van der Waals surface area contributed by atoms with Gasteiger partial charge in [-0.05, 0) is 31.9 Å². The number of imidazole rings is 1. The van der Waals surface area contributed by atoms with Crippen molar-refractivity contribution >= 4 is 16.9 Å². The van der Waals surface area contributed by atoms with Crippen molar-refractivity contribution in [2.24, 2.45) is 5.92 Å². The van der Waals surface area contributed by atoms with Crippen LogP contribution in [0.1, 0.15) is 25.6 Å². The first-order valence-corrected chi connectivity index (χ1v) is 7.01. The van der Waals surface area contributed by atoms with Crippen molar-refractivity contribution in [2.45, 2.75) is 32.7 Å². The topological polar surface area (TPSA) is 46.9 Å². The Morgan fingerprint density at radius 2 is 2.21 bits per heavy atom. The molecule has 1 aromatic heterocycles. The van der Waals surface area contributed by atoms with Gasteiger partial charge in [0.15, 0.2) is 0 Å². The van der Waals surface area contributed by atoms with Crippen LogP contribution in [0.4, 0.5) is 0 Å². The number of benzene rings is 1. The minimum atomic E-state index is 0.208. The molecule has 1 amide bonds. The van der Waals surface area contributed by atoms with Crippen molar-refractivity contribution in [1.82, 2.24) is 14.9 Å². The lowest BCUT2D eigenvalue weighted by Crippen LogP contribution is -2.27. The molecule has 1 aliphatic rings. The molecule has 4 nitrogen and oxygen atoms in total. The zero-order chi connectivity index (χ0) is 13.2. The molecule has 0 spiro atoms. The molecule has 100 valence electrons. The third-order valence-electron chi connectivity index (χ3n) is 3.65. The molecule has 1 heterocycles. The fraction of sp³-hybridized carbons (Fsp3) is 0.467. The highest BCUT2D eigenvalue weighted by Crippen LogP contribution is 2.28. The lowest BCUT2D eigenvalue weighted by molar-refractivity contribution is -0.122. The Morgan fingerprint density at radius 3 is 2.95 bits per heavy atom. The number of fused-ring (bicyclic) bond motifs is 1. The number of para-hydroxylation sites is 2. The summed E-state index contributed by atoms with van der Waals surface area (Å²) in [6.07, 6.45) is 2.90. The summed E-state index contributed by atoms with van der Waals surface area (Å²) >= 11 is 0.